The molecule has 1 aliphatic carbocycles. The lowest BCUT2D eigenvalue weighted by molar-refractivity contribution is 0.101. The number of nitrogens with zero attached hydrogens (tertiary/aromatic N) is 3. The molecule has 0 spiro atoms. The summed E-state index contributed by atoms with van der Waals surface area (Å²) in [6.07, 6.45) is 5.07. The van der Waals surface area contributed by atoms with Gasteiger partial charge >= 0.3 is 6.03 Å². The van der Waals surface area contributed by atoms with Crippen LogP contribution in [0.4, 0.5) is 4.79 Å². The largest absolute Gasteiger partial charge is 0.336 e. The lowest BCUT2D eigenvalue weighted by Crippen LogP contribution is -2.58. The highest BCUT2D eigenvalue weighted by Gasteiger charge is 2.40. The van der Waals surface area contributed by atoms with Crippen LogP contribution in [0.15, 0.2) is 0 Å². The van der Waals surface area contributed by atoms with Crippen molar-refractivity contribution in [3.63, 3.8) is 0 Å². The fraction of sp³-hybridized carbons (Fsp3) is 0.947. The van der Waals surface area contributed by atoms with E-state index in [1.807, 2.05) is 4.90 Å². The lowest BCUT2D eigenvalue weighted by atomic mass is 9.94. The number of hydrogen-bond donors (Lipinski definition) is 1. The highest BCUT2D eigenvalue weighted by Crippen LogP contribution is 2.36. The van der Waals surface area contributed by atoms with Crippen LogP contribution in [0.25, 0.3) is 0 Å². The van der Waals surface area contributed by atoms with Crippen LogP contribution < -0.4 is 5.32 Å². The highest BCUT2D eigenvalue weighted by atomic mass is 32.2. The molecule has 0 atom stereocenters. The highest BCUT2D eigenvalue weighted by molar-refractivity contribution is 7.99. The number of carbonyl (C=O) groups excluding carboxylic acids is 1. The van der Waals surface area contributed by atoms with Crippen molar-refractivity contribution in [3.05, 3.63) is 0 Å². The van der Waals surface area contributed by atoms with E-state index in [9.17, 15) is 4.79 Å². The number of urea groups is 1. The van der Waals surface area contributed by atoms with E-state index in [1.54, 1.807) is 0 Å². The van der Waals surface area contributed by atoms with Gasteiger partial charge in [-0.15, -0.1) is 0 Å². The summed E-state index contributed by atoms with van der Waals surface area (Å²) in [6, 6.07) is 0.119. The number of amides is 2. The molecule has 2 rings (SSSR count). The molecular formula is C19H38N4OS. The molecule has 2 amide bonds. The van der Waals surface area contributed by atoms with Gasteiger partial charge in [-0.2, -0.15) is 11.8 Å². The first-order valence-corrected chi connectivity index (χ1v) is 11.1. The van der Waals surface area contributed by atoms with Gasteiger partial charge in [0.15, 0.2) is 0 Å². The summed E-state index contributed by atoms with van der Waals surface area (Å²) in [7, 11) is 4.13. The molecule has 0 bridgehead atoms. The molecule has 1 heterocycles. The molecule has 0 aromatic carbocycles. The lowest BCUT2D eigenvalue weighted by Gasteiger charge is -2.44. The number of rotatable bonds is 8. The zero-order valence-corrected chi connectivity index (χ0v) is 17.5. The minimum Gasteiger partial charge on any atom is -0.336 e. The van der Waals surface area contributed by atoms with Crippen LogP contribution in [0, 0.1) is 5.92 Å². The smallest absolute Gasteiger partial charge is 0.317 e. The normalized spacial score (nSPS) is 21.0. The predicted molar refractivity (Wildman–Crippen MR) is 108 cm³/mol. The van der Waals surface area contributed by atoms with E-state index >= 15 is 0 Å². The van der Waals surface area contributed by atoms with Gasteiger partial charge in [-0.05, 0) is 32.9 Å². The molecule has 1 N–H and O–H groups in total. The zero-order valence-electron chi connectivity index (χ0n) is 16.7. The summed E-state index contributed by atoms with van der Waals surface area (Å²) in [5.41, 5.74) is 0.210. The van der Waals surface area contributed by atoms with Crippen LogP contribution in [0.2, 0.25) is 0 Å². The Labute approximate surface area is 158 Å². The third-order valence-corrected chi connectivity index (χ3v) is 6.42. The predicted octanol–water partition coefficient (Wildman–Crippen LogP) is 2.58. The van der Waals surface area contributed by atoms with Gasteiger partial charge < -0.3 is 15.1 Å². The van der Waals surface area contributed by atoms with Crippen molar-refractivity contribution < 1.29 is 4.79 Å². The van der Waals surface area contributed by atoms with Crippen LogP contribution in [-0.4, -0.2) is 91.1 Å². The summed E-state index contributed by atoms with van der Waals surface area (Å²) in [6.45, 7) is 10.1. The molecule has 6 heteroatoms. The first-order valence-electron chi connectivity index (χ1n) is 9.93. The molecule has 1 saturated heterocycles. The average Bonchev–Trinajstić information content (AvgIpc) is 3.07. The Morgan fingerprint density at radius 2 is 1.80 bits per heavy atom. The molecule has 1 aliphatic heterocycles. The summed E-state index contributed by atoms with van der Waals surface area (Å²) in [5, 5.41) is 3.31. The fourth-order valence-electron chi connectivity index (χ4n) is 4.06. The maximum Gasteiger partial charge on any atom is 0.317 e. The Morgan fingerprint density at radius 3 is 2.36 bits per heavy atom. The minimum atomic E-state index is 0.119. The van der Waals surface area contributed by atoms with E-state index in [4.69, 9.17) is 0 Å². The van der Waals surface area contributed by atoms with E-state index in [1.165, 1.54) is 50.3 Å². The fourth-order valence-corrected chi connectivity index (χ4v) is 4.97. The number of thioether (sulfide) groups is 1. The molecule has 1 saturated carbocycles. The molecular weight excluding hydrogens is 332 g/mol. The molecule has 25 heavy (non-hydrogen) atoms. The van der Waals surface area contributed by atoms with Crippen LogP contribution in [0.3, 0.4) is 0 Å². The minimum absolute atomic E-state index is 0.119. The first-order chi connectivity index (χ1) is 11.9. The van der Waals surface area contributed by atoms with Crippen LogP contribution in [0.5, 0.6) is 0 Å². The quantitative estimate of drug-likeness (QED) is 0.713. The summed E-state index contributed by atoms with van der Waals surface area (Å²) in [4.78, 5) is 19.7. The molecule has 2 fully saturated rings. The van der Waals surface area contributed by atoms with Crippen molar-refractivity contribution in [2.24, 2.45) is 5.92 Å². The second-order valence-electron chi connectivity index (χ2n) is 8.33. The summed E-state index contributed by atoms with van der Waals surface area (Å²) >= 11 is 2.06. The number of likely N-dealkylation sites (N-methyl/N-ethyl adjacent to an activating group) is 1. The van der Waals surface area contributed by atoms with Gasteiger partial charge in [-0.3, -0.25) is 4.90 Å². The standard InChI is InChI=1S/C19H38N4OS/c1-17(2)15-22(10-9-21(3)4)18(24)20-16-19(7-5-6-8-19)23-11-13-25-14-12-23/h17H,5-16H2,1-4H3,(H,20,24). The topological polar surface area (TPSA) is 38.8 Å². The van der Waals surface area contributed by atoms with E-state index < -0.39 is 0 Å². The SMILES string of the molecule is CC(C)CN(CCN(C)C)C(=O)NCC1(N2CCSCC2)CCCC1. The second-order valence-corrected chi connectivity index (χ2v) is 9.56. The van der Waals surface area contributed by atoms with Gasteiger partial charge in [-0.1, -0.05) is 26.7 Å². The molecule has 0 radical (unpaired) electrons. The van der Waals surface area contributed by atoms with Gasteiger partial charge in [0.1, 0.15) is 0 Å². The van der Waals surface area contributed by atoms with Crippen LogP contribution in [0.1, 0.15) is 39.5 Å². The second kappa shape index (κ2) is 10.0. The third-order valence-electron chi connectivity index (χ3n) is 5.47. The van der Waals surface area contributed by atoms with E-state index in [-0.39, 0.29) is 11.6 Å². The molecule has 2 aliphatic rings. The number of nitrogens with one attached hydrogen (secondary N) is 1. The van der Waals surface area contributed by atoms with Crippen LogP contribution >= 0.6 is 11.8 Å². The van der Waals surface area contributed by atoms with Crippen molar-refractivity contribution >= 4 is 17.8 Å². The number of carbonyl (C=O) groups is 1. The monoisotopic (exact) mass is 370 g/mol. The first kappa shape index (κ1) is 20.8. The molecule has 5 nitrogen and oxygen atoms in total. The Hall–Kier alpha value is -0.460. The van der Waals surface area contributed by atoms with Crippen LogP contribution in [-0.2, 0) is 0 Å². The van der Waals surface area contributed by atoms with E-state index in [0.717, 1.165) is 26.2 Å². The summed E-state index contributed by atoms with van der Waals surface area (Å²) in [5.74, 6) is 2.96. The van der Waals surface area contributed by atoms with Crippen molar-refractivity contribution in [1.82, 2.24) is 20.0 Å². The molecule has 0 unspecified atom stereocenters. The van der Waals surface area contributed by atoms with Gasteiger partial charge in [0.2, 0.25) is 0 Å². The molecule has 146 valence electrons. The average molecular weight is 371 g/mol. The van der Waals surface area contributed by atoms with Crippen molar-refractivity contribution in [3.8, 4) is 0 Å². The van der Waals surface area contributed by atoms with E-state index in [0.29, 0.717) is 5.92 Å². The maximum absolute atomic E-state index is 12.8. The summed E-state index contributed by atoms with van der Waals surface area (Å²) < 4.78 is 0. The third kappa shape index (κ3) is 6.33. The zero-order chi connectivity index (χ0) is 18.3. The Kier molecular flexibility index (Phi) is 8.36. The maximum atomic E-state index is 12.8. The van der Waals surface area contributed by atoms with Crippen molar-refractivity contribution in [2.45, 2.75) is 45.1 Å². The van der Waals surface area contributed by atoms with Gasteiger partial charge in [-0.25, -0.2) is 4.79 Å². The van der Waals surface area contributed by atoms with Gasteiger partial charge in [0.25, 0.3) is 0 Å². The van der Waals surface area contributed by atoms with Gasteiger partial charge in [0, 0.05) is 56.3 Å². The Balaban J connectivity index is 1.93. The van der Waals surface area contributed by atoms with E-state index in [2.05, 4.69) is 54.8 Å². The number of hydrogen-bond acceptors (Lipinski definition) is 4. The molecule has 0 aromatic heterocycles. The Bertz CT molecular complexity index is 404. The van der Waals surface area contributed by atoms with Gasteiger partial charge in [0.05, 0.1) is 0 Å². The Morgan fingerprint density at radius 1 is 1.16 bits per heavy atom. The van der Waals surface area contributed by atoms with Crippen molar-refractivity contribution in [2.75, 3.05) is 64.9 Å². The van der Waals surface area contributed by atoms with Crippen molar-refractivity contribution in [1.29, 1.82) is 0 Å². The molecule has 0 aromatic rings.